The number of halogens is 3. The predicted molar refractivity (Wildman–Crippen MR) is 103 cm³/mol. The zero-order valence-electron chi connectivity index (χ0n) is 16.3. The average molecular weight is 459 g/mol. The Morgan fingerprint density at radius 2 is 1.61 bits per heavy atom. The molecule has 3 N–H and O–H groups in total. The van der Waals surface area contributed by atoms with Crippen LogP contribution in [-0.2, 0) is 21.0 Å². The van der Waals surface area contributed by atoms with Crippen molar-refractivity contribution in [3.8, 4) is 11.5 Å². The highest BCUT2D eigenvalue weighted by atomic mass is 32.2. The van der Waals surface area contributed by atoms with Gasteiger partial charge in [-0.25, -0.2) is 8.42 Å². The Kier molecular flexibility index (Phi) is 6.55. The summed E-state index contributed by atoms with van der Waals surface area (Å²) in [4.78, 5) is 11.7. The maximum absolute atomic E-state index is 12.9. The number of carbonyl (C=O) groups is 1. The van der Waals surface area contributed by atoms with E-state index in [4.69, 9.17) is 4.74 Å². The van der Waals surface area contributed by atoms with Crippen LogP contribution in [0.5, 0.6) is 11.5 Å². The molecular formula is C19H20F3N3O5S. The van der Waals surface area contributed by atoms with E-state index in [-0.39, 0.29) is 29.5 Å². The number of hydrogen-bond acceptors (Lipinski definition) is 6. The van der Waals surface area contributed by atoms with Gasteiger partial charge in [0.2, 0.25) is 15.9 Å². The van der Waals surface area contributed by atoms with Crippen molar-refractivity contribution in [3.05, 3.63) is 54.1 Å². The summed E-state index contributed by atoms with van der Waals surface area (Å²) in [5, 5.41) is 14.2. The number of amides is 1. The monoisotopic (exact) mass is 459 g/mol. The molecule has 0 spiro atoms. The fourth-order valence-corrected chi connectivity index (χ4v) is 4.42. The van der Waals surface area contributed by atoms with Gasteiger partial charge < -0.3 is 15.2 Å². The minimum absolute atomic E-state index is 0.0481. The van der Waals surface area contributed by atoms with Gasteiger partial charge in [-0.05, 0) is 48.5 Å². The van der Waals surface area contributed by atoms with E-state index in [9.17, 15) is 31.5 Å². The number of nitrogens with zero attached hydrogens (tertiary/aromatic N) is 1. The number of aliphatic hydroxyl groups excluding tert-OH is 1. The van der Waals surface area contributed by atoms with Crippen LogP contribution in [0, 0.1) is 0 Å². The molecule has 1 saturated heterocycles. The van der Waals surface area contributed by atoms with Crippen molar-refractivity contribution in [2.24, 2.45) is 0 Å². The summed E-state index contributed by atoms with van der Waals surface area (Å²) >= 11 is 0. The summed E-state index contributed by atoms with van der Waals surface area (Å²) in [7, 11) is -3.94. The third kappa shape index (κ3) is 5.34. The first-order chi connectivity index (χ1) is 14.5. The molecule has 1 aliphatic heterocycles. The standard InChI is InChI=1S/C19H20F3N3O5S/c1-2-25(11-16-17(26)24-18(27)23-16)31(28,29)15-9-7-14(8-10-15)30-13-5-3-12(4-6-13)19(20,21)22/h3-10,16,18,23,27H,2,11H2,1H3,(H,24,26)/t16-,18?/m0/s1. The quantitative estimate of drug-likeness (QED) is 0.584. The maximum Gasteiger partial charge on any atom is 0.416 e. The number of benzene rings is 2. The third-order valence-corrected chi connectivity index (χ3v) is 6.53. The SMILES string of the molecule is CCN(C[C@@H]1NC(O)NC1=O)S(=O)(=O)c1ccc(Oc2ccc(C(F)(F)F)cc2)cc1. The second kappa shape index (κ2) is 8.83. The number of ether oxygens (including phenoxy) is 1. The van der Waals surface area contributed by atoms with Crippen LogP contribution in [0.15, 0.2) is 53.4 Å². The van der Waals surface area contributed by atoms with Gasteiger partial charge in [-0.15, -0.1) is 0 Å². The molecule has 8 nitrogen and oxygen atoms in total. The molecule has 1 fully saturated rings. The van der Waals surface area contributed by atoms with E-state index in [1.54, 1.807) is 6.92 Å². The van der Waals surface area contributed by atoms with Crippen LogP contribution < -0.4 is 15.4 Å². The van der Waals surface area contributed by atoms with Crippen LogP contribution in [-0.4, -0.2) is 49.2 Å². The van der Waals surface area contributed by atoms with E-state index in [1.165, 1.54) is 36.4 Å². The highest BCUT2D eigenvalue weighted by molar-refractivity contribution is 7.89. The van der Waals surface area contributed by atoms with E-state index in [1.807, 2.05) is 0 Å². The van der Waals surface area contributed by atoms with Gasteiger partial charge in [0, 0.05) is 13.1 Å². The molecular weight excluding hydrogens is 439 g/mol. The van der Waals surface area contributed by atoms with Crippen LogP contribution in [0.3, 0.4) is 0 Å². The van der Waals surface area contributed by atoms with Crippen LogP contribution in [0.1, 0.15) is 12.5 Å². The lowest BCUT2D eigenvalue weighted by Crippen LogP contribution is -2.44. The molecule has 31 heavy (non-hydrogen) atoms. The molecule has 2 atom stereocenters. The summed E-state index contributed by atoms with van der Waals surface area (Å²) in [5.41, 5.74) is -0.807. The lowest BCUT2D eigenvalue weighted by molar-refractivity contribution is -0.137. The third-order valence-electron chi connectivity index (χ3n) is 4.57. The molecule has 0 aromatic heterocycles. The molecule has 2 aromatic carbocycles. The molecule has 1 aliphatic rings. The number of rotatable bonds is 7. The maximum atomic E-state index is 12.9. The molecule has 12 heteroatoms. The minimum atomic E-state index is -4.45. The van der Waals surface area contributed by atoms with Crippen molar-refractivity contribution in [2.45, 2.75) is 30.4 Å². The zero-order valence-corrected chi connectivity index (χ0v) is 17.1. The number of likely N-dealkylation sites (N-methyl/N-ethyl adjacent to an activating group) is 1. The second-order valence-corrected chi connectivity index (χ2v) is 8.62. The van der Waals surface area contributed by atoms with Crippen molar-refractivity contribution in [2.75, 3.05) is 13.1 Å². The Morgan fingerprint density at radius 1 is 1.06 bits per heavy atom. The molecule has 0 bridgehead atoms. The van der Waals surface area contributed by atoms with Crippen molar-refractivity contribution in [1.29, 1.82) is 0 Å². The molecule has 0 radical (unpaired) electrons. The highest BCUT2D eigenvalue weighted by Gasteiger charge is 2.34. The number of nitrogens with one attached hydrogen (secondary N) is 2. The summed E-state index contributed by atoms with van der Waals surface area (Å²) in [6, 6.07) is 8.57. The number of carbonyl (C=O) groups excluding carboxylic acids is 1. The zero-order chi connectivity index (χ0) is 22.8. The van der Waals surface area contributed by atoms with E-state index in [0.717, 1.165) is 16.4 Å². The average Bonchev–Trinajstić information content (AvgIpc) is 3.03. The first-order valence-corrected chi connectivity index (χ1v) is 10.6. The largest absolute Gasteiger partial charge is 0.457 e. The lowest BCUT2D eigenvalue weighted by Gasteiger charge is -2.23. The van der Waals surface area contributed by atoms with Gasteiger partial charge in [-0.3, -0.25) is 10.1 Å². The van der Waals surface area contributed by atoms with E-state index >= 15 is 0 Å². The van der Waals surface area contributed by atoms with Crippen molar-refractivity contribution < 1.29 is 36.2 Å². The summed E-state index contributed by atoms with van der Waals surface area (Å²) in [6.07, 6.45) is -5.69. The Balaban J connectivity index is 1.71. The van der Waals surface area contributed by atoms with Gasteiger partial charge in [0.05, 0.1) is 10.5 Å². The Labute approximate surface area is 176 Å². The van der Waals surface area contributed by atoms with Crippen molar-refractivity contribution in [1.82, 2.24) is 14.9 Å². The van der Waals surface area contributed by atoms with E-state index < -0.39 is 40.1 Å². The summed E-state index contributed by atoms with van der Waals surface area (Å²) < 4.78 is 70.2. The normalized spacial score (nSPS) is 19.5. The Bertz CT molecular complexity index is 1030. The molecule has 168 valence electrons. The van der Waals surface area contributed by atoms with E-state index in [2.05, 4.69) is 10.6 Å². The van der Waals surface area contributed by atoms with Crippen molar-refractivity contribution in [3.63, 3.8) is 0 Å². The van der Waals surface area contributed by atoms with Crippen LogP contribution in [0.25, 0.3) is 0 Å². The lowest BCUT2D eigenvalue weighted by atomic mass is 10.2. The number of sulfonamides is 1. The van der Waals surface area contributed by atoms with Gasteiger partial charge in [0.1, 0.15) is 17.5 Å². The number of aliphatic hydroxyl groups is 1. The molecule has 2 aromatic rings. The van der Waals surface area contributed by atoms with Gasteiger partial charge >= 0.3 is 6.18 Å². The first-order valence-electron chi connectivity index (χ1n) is 9.20. The van der Waals surface area contributed by atoms with Gasteiger partial charge in [-0.2, -0.15) is 17.5 Å². The van der Waals surface area contributed by atoms with E-state index in [0.29, 0.717) is 0 Å². The number of hydrogen-bond donors (Lipinski definition) is 3. The fraction of sp³-hybridized carbons (Fsp3) is 0.316. The highest BCUT2D eigenvalue weighted by Crippen LogP contribution is 2.31. The van der Waals surface area contributed by atoms with Gasteiger partial charge in [0.25, 0.3) is 0 Å². The van der Waals surface area contributed by atoms with Gasteiger partial charge in [0.15, 0.2) is 6.35 Å². The van der Waals surface area contributed by atoms with Crippen molar-refractivity contribution >= 4 is 15.9 Å². The van der Waals surface area contributed by atoms with Gasteiger partial charge in [-0.1, -0.05) is 6.92 Å². The number of alkyl halides is 3. The predicted octanol–water partition coefficient (Wildman–Crippen LogP) is 1.87. The minimum Gasteiger partial charge on any atom is -0.457 e. The summed E-state index contributed by atoms with van der Waals surface area (Å²) in [5.74, 6) is -0.112. The molecule has 1 amide bonds. The van der Waals surface area contributed by atoms with Crippen LogP contribution >= 0.6 is 0 Å². The second-order valence-electron chi connectivity index (χ2n) is 6.68. The molecule has 0 aliphatic carbocycles. The van der Waals surface area contributed by atoms with Crippen LogP contribution in [0.2, 0.25) is 0 Å². The fourth-order valence-electron chi connectivity index (χ4n) is 2.96. The molecule has 1 heterocycles. The summed E-state index contributed by atoms with van der Waals surface area (Å²) in [6.45, 7) is 1.53. The Hall–Kier alpha value is -2.67. The Morgan fingerprint density at radius 3 is 2.06 bits per heavy atom. The topological polar surface area (TPSA) is 108 Å². The molecule has 1 unspecified atom stereocenters. The van der Waals surface area contributed by atoms with Crippen LogP contribution in [0.4, 0.5) is 13.2 Å². The molecule has 3 rings (SSSR count). The first kappa shape index (κ1) is 23.0. The smallest absolute Gasteiger partial charge is 0.416 e. The molecule has 0 saturated carbocycles.